The van der Waals surface area contributed by atoms with Crippen molar-refractivity contribution in [2.24, 2.45) is 5.92 Å². The van der Waals surface area contributed by atoms with Crippen LogP contribution in [0.25, 0.3) is 0 Å². The van der Waals surface area contributed by atoms with Crippen LogP contribution in [-0.4, -0.2) is 31.3 Å². The molecule has 0 spiro atoms. The number of hydrogen-bond acceptors (Lipinski definition) is 4. The summed E-state index contributed by atoms with van der Waals surface area (Å²) in [5.41, 5.74) is 0. The highest BCUT2D eigenvalue weighted by Crippen LogP contribution is 2.00. The van der Waals surface area contributed by atoms with Gasteiger partial charge in [-0.1, -0.05) is 6.92 Å². The van der Waals surface area contributed by atoms with E-state index >= 15 is 0 Å². The first-order chi connectivity index (χ1) is 5.31. The molecule has 0 aromatic heterocycles. The lowest BCUT2D eigenvalue weighted by atomic mass is 10.2. The summed E-state index contributed by atoms with van der Waals surface area (Å²) in [6.45, 7) is 2.81. The van der Waals surface area contributed by atoms with Gasteiger partial charge in [0.25, 0.3) is 10.1 Å². The minimum absolute atomic E-state index is 0.00905. The Bertz CT molecular complexity index is 243. The maximum absolute atomic E-state index is 10.3. The summed E-state index contributed by atoms with van der Waals surface area (Å²) in [4.78, 5) is 10.3. The van der Waals surface area contributed by atoms with Gasteiger partial charge >= 0.3 is 5.97 Å². The third-order valence-electron chi connectivity index (χ3n) is 1.07. The zero-order valence-corrected chi connectivity index (χ0v) is 7.80. The Morgan fingerprint density at radius 2 is 2.08 bits per heavy atom. The maximum atomic E-state index is 10.3. The Morgan fingerprint density at radius 3 is 2.42 bits per heavy atom. The lowest BCUT2D eigenvalue weighted by Gasteiger charge is -2.08. The quantitative estimate of drug-likeness (QED) is 0.508. The summed E-state index contributed by atoms with van der Waals surface area (Å²) >= 11 is 0. The van der Waals surface area contributed by atoms with Gasteiger partial charge in [0.05, 0.1) is 12.4 Å². The minimum atomic E-state index is -3.96. The second-order valence-electron chi connectivity index (χ2n) is 2.66. The maximum Gasteiger partial charge on any atom is 0.302 e. The van der Waals surface area contributed by atoms with Crippen LogP contribution in [0.4, 0.5) is 0 Å². The molecule has 0 unspecified atom stereocenters. The summed E-state index contributed by atoms with van der Waals surface area (Å²) in [5.74, 6) is -1.23. The molecule has 6 heteroatoms. The molecule has 5 nitrogen and oxygen atoms in total. The van der Waals surface area contributed by atoms with Crippen molar-refractivity contribution in [3.63, 3.8) is 0 Å². The Labute approximate surface area is 71.5 Å². The van der Waals surface area contributed by atoms with E-state index in [1.807, 2.05) is 0 Å². The zero-order valence-electron chi connectivity index (χ0n) is 6.98. The van der Waals surface area contributed by atoms with Crippen LogP contribution in [0.2, 0.25) is 0 Å². The Kier molecular flexibility index (Phi) is 4.19. The smallest absolute Gasteiger partial charge is 0.302 e. The topological polar surface area (TPSA) is 80.7 Å². The lowest BCUT2D eigenvalue weighted by molar-refractivity contribution is -0.141. The molecule has 12 heavy (non-hydrogen) atoms. The molecule has 0 saturated carbocycles. The molecular formula is C6H12O5S. The van der Waals surface area contributed by atoms with Crippen molar-refractivity contribution in [1.29, 1.82) is 0 Å². The number of esters is 1. The zero-order chi connectivity index (χ0) is 9.78. The van der Waals surface area contributed by atoms with Crippen molar-refractivity contribution >= 4 is 16.1 Å². The molecule has 0 aliphatic rings. The molecule has 0 aliphatic carbocycles. The summed E-state index contributed by atoms with van der Waals surface area (Å²) in [5, 5.41) is 0. The molecule has 0 bridgehead atoms. The third-order valence-corrected chi connectivity index (χ3v) is 2.06. The molecule has 0 heterocycles. The molecular weight excluding hydrogens is 184 g/mol. The SMILES string of the molecule is CC(=O)OC[C@H](C)CS(=O)(=O)O. The van der Waals surface area contributed by atoms with Gasteiger partial charge < -0.3 is 4.74 Å². The Morgan fingerprint density at radius 1 is 1.58 bits per heavy atom. The van der Waals surface area contributed by atoms with Gasteiger partial charge in [-0.15, -0.1) is 0 Å². The monoisotopic (exact) mass is 196 g/mol. The van der Waals surface area contributed by atoms with E-state index in [2.05, 4.69) is 4.74 Å². The second kappa shape index (κ2) is 4.42. The van der Waals surface area contributed by atoms with Crippen molar-refractivity contribution in [2.45, 2.75) is 13.8 Å². The fraction of sp³-hybridized carbons (Fsp3) is 0.833. The van der Waals surface area contributed by atoms with Gasteiger partial charge in [0, 0.05) is 12.8 Å². The Hall–Kier alpha value is -0.620. The first-order valence-corrected chi connectivity index (χ1v) is 5.00. The molecule has 0 fully saturated rings. The Balaban J connectivity index is 3.75. The summed E-state index contributed by atoms with van der Waals surface area (Å²) in [7, 11) is -3.96. The standard InChI is InChI=1S/C6H12O5S/c1-5(3-11-6(2)7)4-12(8,9)10/h5H,3-4H2,1-2H3,(H,8,9,10)/t5-/m0/s1. The first-order valence-electron chi connectivity index (χ1n) is 3.40. The van der Waals surface area contributed by atoms with E-state index in [0.717, 1.165) is 0 Å². The minimum Gasteiger partial charge on any atom is -0.466 e. The fourth-order valence-electron chi connectivity index (χ4n) is 0.667. The average Bonchev–Trinajstić information content (AvgIpc) is 1.79. The van der Waals surface area contributed by atoms with Crippen molar-refractivity contribution < 1.29 is 22.5 Å². The number of rotatable bonds is 4. The van der Waals surface area contributed by atoms with E-state index in [0.29, 0.717) is 0 Å². The summed E-state index contributed by atoms with van der Waals surface area (Å²) in [6.07, 6.45) is 0. The van der Waals surface area contributed by atoms with Crippen LogP contribution in [0.1, 0.15) is 13.8 Å². The number of ether oxygens (including phenoxy) is 1. The highest BCUT2D eigenvalue weighted by Gasteiger charge is 2.12. The molecule has 0 radical (unpaired) electrons. The first kappa shape index (κ1) is 11.4. The van der Waals surface area contributed by atoms with E-state index in [4.69, 9.17) is 4.55 Å². The van der Waals surface area contributed by atoms with Crippen LogP contribution < -0.4 is 0 Å². The average molecular weight is 196 g/mol. The van der Waals surface area contributed by atoms with Gasteiger partial charge in [0.15, 0.2) is 0 Å². The van der Waals surface area contributed by atoms with E-state index in [9.17, 15) is 13.2 Å². The molecule has 0 aromatic rings. The van der Waals surface area contributed by atoms with Crippen LogP contribution in [0.3, 0.4) is 0 Å². The van der Waals surface area contributed by atoms with Gasteiger partial charge in [0.1, 0.15) is 0 Å². The fourth-order valence-corrected chi connectivity index (χ4v) is 1.48. The van der Waals surface area contributed by atoms with Crippen LogP contribution in [0.15, 0.2) is 0 Å². The largest absolute Gasteiger partial charge is 0.466 e. The molecule has 1 N–H and O–H groups in total. The van der Waals surface area contributed by atoms with Crippen LogP contribution >= 0.6 is 0 Å². The molecule has 1 atom stereocenters. The van der Waals surface area contributed by atoms with Gasteiger partial charge in [-0.2, -0.15) is 8.42 Å². The van der Waals surface area contributed by atoms with Crippen molar-refractivity contribution in [3.05, 3.63) is 0 Å². The van der Waals surface area contributed by atoms with E-state index in [1.54, 1.807) is 6.92 Å². The molecule has 0 aliphatic heterocycles. The lowest BCUT2D eigenvalue weighted by Crippen LogP contribution is -2.18. The van der Waals surface area contributed by atoms with E-state index in [-0.39, 0.29) is 18.3 Å². The normalized spacial score (nSPS) is 13.9. The molecule has 0 aromatic carbocycles. The molecule has 72 valence electrons. The summed E-state index contributed by atoms with van der Waals surface area (Å²) in [6, 6.07) is 0. The van der Waals surface area contributed by atoms with Crippen molar-refractivity contribution in [1.82, 2.24) is 0 Å². The van der Waals surface area contributed by atoms with Gasteiger partial charge in [-0.05, 0) is 0 Å². The van der Waals surface area contributed by atoms with Gasteiger partial charge in [-0.3, -0.25) is 9.35 Å². The van der Waals surface area contributed by atoms with Crippen LogP contribution in [0.5, 0.6) is 0 Å². The number of hydrogen-bond donors (Lipinski definition) is 1. The number of carbonyl (C=O) groups is 1. The predicted molar refractivity (Wildman–Crippen MR) is 42.2 cm³/mol. The van der Waals surface area contributed by atoms with Crippen LogP contribution in [-0.2, 0) is 19.6 Å². The summed E-state index contributed by atoms with van der Waals surface area (Å²) < 4.78 is 33.5. The van der Waals surface area contributed by atoms with Crippen molar-refractivity contribution in [3.8, 4) is 0 Å². The predicted octanol–water partition coefficient (Wildman–Crippen LogP) is 0.0734. The van der Waals surface area contributed by atoms with E-state index < -0.39 is 16.1 Å². The van der Waals surface area contributed by atoms with Crippen molar-refractivity contribution in [2.75, 3.05) is 12.4 Å². The van der Waals surface area contributed by atoms with Gasteiger partial charge in [0.2, 0.25) is 0 Å². The molecule has 0 rings (SSSR count). The highest BCUT2D eigenvalue weighted by atomic mass is 32.2. The molecule has 0 amide bonds. The third kappa shape index (κ3) is 7.49. The van der Waals surface area contributed by atoms with Gasteiger partial charge in [-0.25, -0.2) is 0 Å². The van der Waals surface area contributed by atoms with E-state index in [1.165, 1.54) is 6.92 Å². The molecule has 0 saturated heterocycles. The van der Waals surface area contributed by atoms with Crippen LogP contribution in [0, 0.1) is 5.92 Å². The highest BCUT2D eigenvalue weighted by molar-refractivity contribution is 7.85. The second-order valence-corrected chi connectivity index (χ2v) is 4.15. The number of carbonyl (C=O) groups excluding carboxylic acids is 1.